The number of pyridine rings is 1. The average Bonchev–Trinajstić information content (AvgIpc) is 2.79. The van der Waals surface area contributed by atoms with Gasteiger partial charge in [-0.1, -0.05) is 109 Å². The molecule has 1 heterocycles. The SMILES string of the molecule is C(=C\c1cccc(/C=C/c2ccccc2)c1Nc1ccccn1)/c1ccccc1. The van der Waals surface area contributed by atoms with Crippen LogP contribution in [0.5, 0.6) is 0 Å². The van der Waals surface area contributed by atoms with Gasteiger partial charge in [-0.05, 0) is 34.4 Å². The Kier molecular flexibility index (Phi) is 5.94. The molecule has 2 nitrogen and oxygen atoms in total. The van der Waals surface area contributed by atoms with Crippen LogP contribution < -0.4 is 5.32 Å². The van der Waals surface area contributed by atoms with Crippen molar-refractivity contribution in [3.8, 4) is 0 Å². The van der Waals surface area contributed by atoms with Crippen LogP contribution in [-0.4, -0.2) is 4.98 Å². The molecule has 0 aliphatic rings. The van der Waals surface area contributed by atoms with E-state index in [1.807, 2.05) is 54.6 Å². The highest BCUT2D eigenvalue weighted by Gasteiger charge is 2.06. The second kappa shape index (κ2) is 9.34. The molecule has 29 heavy (non-hydrogen) atoms. The molecule has 140 valence electrons. The lowest BCUT2D eigenvalue weighted by Gasteiger charge is -2.13. The van der Waals surface area contributed by atoms with Crippen molar-refractivity contribution in [2.75, 3.05) is 5.32 Å². The third-order valence-corrected chi connectivity index (χ3v) is 4.56. The number of para-hydroxylation sites is 1. The number of hydrogen-bond donors (Lipinski definition) is 1. The molecular weight excluding hydrogens is 352 g/mol. The smallest absolute Gasteiger partial charge is 0.130 e. The lowest BCUT2D eigenvalue weighted by atomic mass is 10.0. The summed E-state index contributed by atoms with van der Waals surface area (Å²) in [7, 11) is 0. The van der Waals surface area contributed by atoms with Gasteiger partial charge in [0.1, 0.15) is 5.82 Å². The van der Waals surface area contributed by atoms with Crippen LogP contribution in [0.25, 0.3) is 24.3 Å². The van der Waals surface area contributed by atoms with E-state index in [2.05, 4.69) is 77.1 Å². The number of aromatic nitrogens is 1. The van der Waals surface area contributed by atoms with Crippen LogP contribution in [0, 0.1) is 0 Å². The Morgan fingerprint density at radius 3 is 1.59 bits per heavy atom. The quantitative estimate of drug-likeness (QED) is 0.362. The molecular formula is C27H22N2. The Labute approximate surface area is 171 Å². The lowest BCUT2D eigenvalue weighted by Crippen LogP contribution is -1.97. The monoisotopic (exact) mass is 374 g/mol. The zero-order valence-electron chi connectivity index (χ0n) is 16.1. The Bertz CT molecular complexity index is 1030. The molecule has 0 bridgehead atoms. The van der Waals surface area contributed by atoms with Crippen LogP contribution in [0.4, 0.5) is 11.5 Å². The van der Waals surface area contributed by atoms with E-state index in [0.717, 1.165) is 22.6 Å². The highest BCUT2D eigenvalue weighted by Crippen LogP contribution is 2.28. The summed E-state index contributed by atoms with van der Waals surface area (Å²) < 4.78 is 0. The van der Waals surface area contributed by atoms with E-state index in [0.29, 0.717) is 0 Å². The first-order valence-corrected chi connectivity index (χ1v) is 9.66. The third kappa shape index (κ3) is 5.08. The second-order valence-electron chi connectivity index (χ2n) is 6.64. The Morgan fingerprint density at radius 2 is 1.07 bits per heavy atom. The number of nitrogens with zero attached hydrogens (tertiary/aromatic N) is 1. The molecule has 0 saturated heterocycles. The molecule has 0 aliphatic carbocycles. The number of hydrogen-bond acceptors (Lipinski definition) is 2. The molecule has 1 N–H and O–H groups in total. The standard InChI is InChI=1S/C27H22N2/c1-3-10-22(11-4-1)17-19-24-14-9-15-25(20-18-23-12-5-2-6-13-23)27(24)29-26-16-7-8-21-28-26/h1-21H,(H,28,29)/b19-17+,20-18+. The van der Waals surface area contributed by atoms with Crippen molar-refractivity contribution in [1.82, 2.24) is 4.98 Å². The van der Waals surface area contributed by atoms with Crippen LogP contribution in [-0.2, 0) is 0 Å². The molecule has 0 fully saturated rings. The zero-order valence-corrected chi connectivity index (χ0v) is 16.1. The molecule has 4 aromatic rings. The van der Waals surface area contributed by atoms with Gasteiger partial charge in [0.25, 0.3) is 0 Å². The summed E-state index contributed by atoms with van der Waals surface area (Å²) in [5, 5.41) is 3.50. The minimum atomic E-state index is 0.822. The van der Waals surface area contributed by atoms with Gasteiger partial charge in [0.2, 0.25) is 0 Å². The van der Waals surface area contributed by atoms with Crippen LogP contribution in [0.15, 0.2) is 103 Å². The molecule has 0 radical (unpaired) electrons. The van der Waals surface area contributed by atoms with E-state index in [9.17, 15) is 0 Å². The van der Waals surface area contributed by atoms with Gasteiger partial charge in [-0.2, -0.15) is 0 Å². The van der Waals surface area contributed by atoms with E-state index in [4.69, 9.17) is 0 Å². The number of anilines is 2. The molecule has 4 rings (SSSR count). The van der Waals surface area contributed by atoms with Gasteiger partial charge in [0, 0.05) is 6.20 Å². The number of nitrogens with one attached hydrogen (secondary N) is 1. The van der Waals surface area contributed by atoms with E-state index in [1.54, 1.807) is 6.20 Å². The maximum absolute atomic E-state index is 4.43. The summed E-state index contributed by atoms with van der Waals surface area (Å²) in [6.07, 6.45) is 10.3. The Morgan fingerprint density at radius 1 is 0.517 bits per heavy atom. The zero-order chi connectivity index (χ0) is 19.7. The van der Waals surface area contributed by atoms with Crippen LogP contribution in [0.2, 0.25) is 0 Å². The topological polar surface area (TPSA) is 24.9 Å². The van der Waals surface area contributed by atoms with Crippen molar-refractivity contribution in [1.29, 1.82) is 0 Å². The molecule has 3 aromatic carbocycles. The maximum atomic E-state index is 4.43. The minimum absolute atomic E-state index is 0.822. The van der Waals surface area contributed by atoms with Crippen molar-refractivity contribution in [3.63, 3.8) is 0 Å². The van der Waals surface area contributed by atoms with E-state index in [1.165, 1.54) is 11.1 Å². The van der Waals surface area contributed by atoms with E-state index < -0.39 is 0 Å². The summed E-state index contributed by atoms with van der Waals surface area (Å²) in [6.45, 7) is 0. The van der Waals surface area contributed by atoms with Gasteiger partial charge >= 0.3 is 0 Å². The summed E-state index contributed by atoms with van der Waals surface area (Å²) in [5.74, 6) is 0.822. The first-order chi connectivity index (χ1) is 14.4. The van der Waals surface area contributed by atoms with Crippen molar-refractivity contribution in [2.24, 2.45) is 0 Å². The summed E-state index contributed by atoms with van der Waals surface area (Å²) >= 11 is 0. The predicted molar refractivity (Wildman–Crippen MR) is 125 cm³/mol. The first-order valence-electron chi connectivity index (χ1n) is 9.66. The van der Waals surface area contributed by atoms with Gasteiger partial charge in [-0.3, -0.25) is 0 Å². The predicted octanol–water partition coefficient (Wildman–Crippen LogP) is 7.17. The fourth-order valence-corrected chi connectivity index (χ4v) is 3.08. The molecule has 0 spiro atoms. The molecule has 2 heteroatoms. The fourth-order valence-electron chi connectivity index (χ4n) is 3.08. The van der Waals surface area contributed by atoms with E-state index >= 15 is 0 Å². The molecule has 0 atom stereocenters. The van der Waals surface area contributed by atoms with Gasteiger partial charge in [0.05, 0.1) is 5.69 Å². The van der Waals surface area contributed by atoms with Crippen LogP contribution in [0.3, 0.4) is 0 Å². The molecule has 1 aromatic heterocycles. The number of benzene rings is 3. The highest BCUT2D eigenvalue weighted by atomic mass is 15.0. The highest BCUT2D eigenvalue weighted by molar-refractivity contribution is 5.86. The van der Waals surface area contributed by atoms with Crippen molar-refractivity contribution >= 4 is 35.8 Å². The Hall–Kier alpha value is -3.91. The van der Waals surface area contributed by atoms with Crippen LogP contribution in [0.1, 0.15) is 22.3 Å². The van der Waals surface area contributed by atoms with Gasteiger partial charge < -0.3 is 5.32 Å². The summed E-state index contributed by atoms with van der Waals surface area (Å²) in [4.78, 5) is 4.43. The van der Waals surface area contributed by atoms with E-state index in [-0.39, 0.29) is 0 Å². The molecule has 0 unspecified atom stereocenters. The maximum Gasteiger partial charge on any atom is 0.130 e. The fraction of sp³-hybridized carbons (Fsp3) is 0. The minimum Gasteiger partial charge on any atom is -0.339 e. The molecule has 0 saturated carbocycles. The van der Waals surface area contributed by atoms with Gasteiger partial charge in [-0.25, -0.2) is 4.98 Å². The van der Waals surface area contributed by atoms with Crippen molar-refractivity contribution in [2.45, 2.75) is 0 Å². The van der Waals surface area contributed by atoms with Gasteiger partial charge in [-0.15, -0.1) is 0 Å². The third-order valence-electron chi connectivity index (χ3n) is 4.56. The average molecular weight is 374 g/mol. The van der Waals surface area contributed by atoms with Crippen molar-refractivity contribution in [3.05, 3.63) is 126 Å². The summed E-state index contributed by atoms with van der Waals surface area (Å²) in [5.41, 5.74) is 5.58. The Balaban J connectivity index is 1.72. The van der Waals surface area contributed by atoms with Crippen LogP contribution >= 0.6 is 0 Å². The van der Waals surface area contributed by atoms with Gasteiger partial charge in [0.15, 0.2) is 0 Å². The molecule has 0 aliphatic heterocycles. The number of rotatable bonds is 6. The normalized spacial score (nSPS) is 11.2. The lowest BCUT2D eigenvalue weighted by molar-refractivity contribution is 1.30. The second-order valence-corrected chi connectivity index (χ2v) is 6.64. The largest absolute Gasteiger partial charge is 0.339 e. The summed E-state index contributed by atoms with van der Waals surface area (Å²) in [6, 6.07) is 32.8. The van der Waals surface area contributed by atoms with Crippen molar-refractivity contribution < 1.29 is 0 Å². The molecule has 0 amide bonds. The first kappa shape index (κ1) is 18.5.